The smallest absolute Gasteiger partial charge is 0.270 e. The van der Waals surface area contributed by atoms with Gasteiger partial charge < -0.3 is 4.42 Å². The maximum atomic E-state index is 12.8. The van der Waals surface area contributed by atoms with Gasteiger partial charge >= 0.3 is 0 Å². The molecule has 1 atom stereocenters. The lowest BCUT2D eigenvalue weighted by molar-refractivity contribution is -0.384. The molecule has 0 unspecified atom stereocenters. The van der Waals surface area contributed by atoms with Crippen LogP contribution in [0.25, 0.3) is 11.3 Å². The second kappa shape index (κ2) is 11.1. The second-order valence-corrected chi connectivity index (χ2v) is 10.1. The van der Waals surface area contributed by atoms with Gasteiger partial charge in [-0.05, 0) is 43.5 Å². The van der Waals surface area contributed by atoms with E-state index in [1.165, 1.54) is 30.5 Å². The summed E-state index contributed by atoms with van der Waals surface area (Å²) in [6.07, 6.45) is 1.53. The zero-order chi connectivity index (χ0) is 25.6. The van der Waals surface area contributed by atoms with Gasteiger partial charge in [0.05, 0.1) is 16.0 Å². The zero-order valence-electron chi connectivity index (χ0n) is 19.5. The first-order valence-electron chi connectivity index (χ1n) is 10.8. The summed E-state index contributed by atoms with van der Waals surface area (Å²) in [4.78, 5) is 23.3. The van der Waals surface area contributed by atoms with Gasteiger partial charge in [0.2, 0.25) is 10.0 Å². The minimum atomic E-state index is -3.91. The van der Waals surface area contributed by atoms with E-state index in [0.29, 0.717) is 17.1 Å². The highest BCUT2D eigenvalue weighted by Crippen LogP contribution is 2.25. The number of hydrogen-bond donors (Lipinski definition) is 2. The Hall–Kier alpha value is -3.83. The summed E-state index contributed by atoms with van der Waals surface area (Å²) in [5, 5.41) is 14.8. The zero-order valence-corrected chi connectivity index (χ0v) is 20.3. The molecule has 0 bridgehead atoms. The lowest BCUT2D eigenvalue weighted by atomic mass is 10.0. The van der Waals surface area contributed by atoms with Crippen molar-refractivity contribution in [3.8, 4) is 11.3 Å². The summed E-state index contributed by atoms with van der Waals surface area (Å²) in [6, 6.07) is 14.5. The Morgan fingerprint density at radius 2 is 1.86 bits per heavy atom. The third-order valence-corrected chi connectivity index (χ3v) is 6.47. The molecule has 2 aromatic carbocycles. The number of sulfonamides is 1. The van der Waals surface area contributed by atoms with Crippen molar-refractivity contribution < 1.29 is 22.6 Å². The highest BCUT2D eigenvalue weighted by Gasteiger charge is 2.26. The van der Waals surface area contributed by atoms with Crippen LogP contribution in [-0.2, 0) is 14.8 Å². The average Bonchev–Trinajstić information content (AvgIpc) is 3.27. The second-order valence-electron chi connectivity index (χ2n) is 8.36. The summed E-state index contributed by atoms with van der Waals surface area (Å²) < 4.78 is 33.6. The predicted octanol–water partition coefficient (Wildman–Crippen LogP) is 4.01. The van der Waals surface area contributed by atoms with Crippen molar-refractivity contribution in [2.45, 2.75) is 38.1 Å². The number of benzene rings is 2. The first-order valence-corrected chi connectivity index (χ1v) is 12.3. The normalized spacial score (nSPS) is 12.7. The Morgan fingerprint density at radius 3 is 2.51 bits per heavy atom. The van der Waals surface area contributed by atoms with E-state index in [0.717, 1.165) is 5.56 Å². The van der Waals surface area contributed by atoms with Crippen LogP contribution in [0.1, 0.15) is 31.6 Å². The van der Waals surface area contributed by atoms with Crippen LogP contribution in [0.5, 0.6) is 0 Å². The molecule has 35 heavy (non-hydrogen) atoms. The number of rotatable bonds is 10. The molecule has 11 heteroatoms. The van der Waals surface area contributed by atoms with Crippen molar-refractivity contribution in [1.29, 1.82) is 0 Å². The van der Waals surface area contributed by atoms with Crippen molar-refractivity contribution in [3.63, 3.8) is 0 Å². The molecule has 0 spiro atoms. The molecule has 1 heterocycles. The molecule has 10 nitrogen and oxygen atoms in total. The number of carbonyl (C=O) groups is 1. The van der Waals surface area contributed by atoms with E-state index in [1.807, 2.05) is 20.8 Å². The fourth-order valence-corrected chi connectivity index (χ4v) is 4.45. The Kier molecular flexibility index (Phi) is 8.15. The van der Waals surface area contributed by atoms with E-state index in [9.17, 15) is 23.3 Å². The van der Waals surface area contributed by atoms with E-state index < -0.39 is 26.9 Å². The fraction of sp³-hybridized carbons (Fsp3) is 0.250. The van der Waals surface area contributed by atoms with Gasteiger partial charge in [0, 0.05) is 17.7 Å². The van der Waals surface area contributed by atoms with Crippen LogP contribution >= 0.6 is 0 Å². The Morgan fingerprint density at radius 1 is 1.14 bits per heavy atom. The summed E-state index contributed by atoms with van der Waals surface area (Å²) in [5.41, 5.74) is 3.72. The molecule has 0 fully saturated rings. The van der Waals surface area contributed by atoms with Gasteiger partial charge in [0.25, 0.3) is 11.6 Å². The standard InChI is InChI=1S/C24H26N4O6S/c1-16(2)13-22(27-35(32,33)21-10-7-17(3)8-11-21)24(29)26-25-15-20-9-12-23(34-20)18-5-4-6-19(14-18)28(30)31/h4-12,14-16,22,27H,13H2,1-3H3,(H,26,29)/b25-15-/t22-/m1/s1. The minimum absolute atomic E-state index is 0.0398. The monoisotopic (exact) mass is 498 g/mol. The predicted molar refractivity (Wildman–Crippen MR) is 131 cm³/mol. The summed E-state index contributed by atoms with van der Waals surface area (Å²) in [7, 11) is -3.91. The molecule has 3 rings (SSSR count). The van der Waals surface area contributed by atoms with Crippen LogP contribution in [0.3, 0.4) is 0 Å². The van der Waals surface area contributed by atoms with Crippen LogP contribution in [0.4, 0.5) is 5.69 Å². The highest BCUT2D eigenvalue weighted by molar-refractivity contribution is 7.89. The molecule has 0 radical (unpaired) electrons. The average molecular weight is 499 g/mol. The molecular weight excluding hydrogens is 472 g/mol. The van der Waals surface area contributed by atoms with E-state index in [1.54, 1.807) is 36.4 Å². The number of carbonyl (C=O) groups excluding carboxylic acids is 1. The SMILES string of the molecule is Cc1ccc(S(=O)(=O)N[C@H](CC(C)C)C(=O)N/N=C\c2ccc(-c3cccc([N+](=O)[O-])c3)o2)cc1. The van der Waals surface area contributed by atoms with Crippen LogP contribution in [0.2, 0.25) is 0 Å². The van der Waals surface area contributed by atoms with Crippen LogP contribution in [0.15, 0.2) is 75.1 Å². The van der Waals surface area contributed by atoms with Crippen LogP contribution in [0, 0.1) is 23.0 Å². The van der Waals surface area contributed by atoms with Gasteiger partial charge in [-0.1, -0.05) is 43.7 Å². The number of furan rings is 1. The topological polar surface area (TPSA) is 144 Å². The van der Waals surface area contributed by atoms with E-state index in [4.69, 9.17) is 4.42 Å². The number of nitrogens with one attached hydrogen (secondary N) is 2. The Labute approximate surface area is 203 Å². The number of nitro groups is 1. The van der Waals surface area contributed by atoms with E-state index in [2.05, 4.69) is 15.2 Å². The molecule has 1 amide bonds. The summed E-state index contributed by atoms with van der Waals surface area (Å²) >= 11 is 0. The summed E-state index contributed by atoms with van der Waals surface area (Å²) in [6.45, 7) is 5.60. The maximum Gasteiger partial charge on any atom is 0.270 e. The summed E-state index contributed by atoms with van der Waals surface area (Å²) in [5.74, 6) is 0.117. The molecule has 0 aliphatic carbocycles. The van der Waals surface area contributed by atoms with Crippen molar-refractivity contribution in [2.75, 3.05) is 0 Å². The lowest BCUT2D eigenvalue weighted by Crippen LogP contribution is -2.46. The largest absolute Gasteiger partial charge is 0.455 e. The third-order valence-electron chi connectivity index (χ3n) is 4.99. The van der Waals surface area contributed by atoms with Gasteiger partial charge in [0.15, 0.2) is 0 Å². The lowest BCUT2D eigenvalue weighted by Gasteiger charge is -2.19. The molecule has 0 saturated heterocycles. The first-order chi connectivity index (χ1) is 16.5. The van der Waals surface area contributed by atoms with Crippen LogP contribution in [-0.4, -0.2) is 31.5 Å². The maximum absolute atomic E-state index is 12.8. The van der Waals surface area contributed by atoms with Crippen molar-refractivity contribution in [3.05, 3.63) is 82.1 Å². The van der Waals surface area contributed by atoms with Crippen molar-refractivity contribution >= 4 is 27.8 Å². The number of nitro benzene ring substituents is 1. The quantitative estimate of drug-likeness (QED) is 0.246. The molecule has 0 aliphatic heterocycles. The molecule has 0 aliphatic rings. The van der Waals surface area contributed by atoms with Crippen molar-refractivity contribution in [2.24, 2.45) is 11.0 Å². The first kappa shape index (κ1) is 25.8. The minimum Gasteiger partial charge on any atom is -0.455 e. The number of amides is 1. The Balaban J connectivity index is 1.69. The highest BCUT2D eigenvalue weighted by atomic mass is 32.2. The molecule has 3 aromatic rings. The molecule has 184 valence electrons. The van der Waals surface area contributed by atoms with Gasteiger partial charge in [-0.3, -0.25) is 14.9 Å². The fourth-order valence-electron chi connectivity index (χ4n) is 3.24. The number of hydrazone groups is 1. The third kappa shape index (κ3) is 7.08. The van der Waals surface area contributed by atoms with E-state index >= 15 is 0 Å². The van der Waals surface area contributed by atoms with Crippen LogP contribution < -0.4 is 10.1 Å². The number of nitrogens with zero attached hydrogens (tertiary/aromatic N) is 2. The molecule has 1 aromatic heterocycles. The van der Waals surface area contributed by atoms with Gasteiger partial charge in [-0.2, -0.15) is 9.82 Å². The van der Waals surface area contributed by atoms with Gasteiger partial charge in [-0.25, -0.2) is 13.8 Å². The number of hydrogen-bond acceptors (Lipinski definition) is 7. The van der Waals surface area contributed by atoms with Gasteiger partial charge in [-0.15, -0.1) is 0 Å². The number of non-ortho nitro benzene ring substituents is 1. The molecule has 0 saturated carbocycles. The van der Waals surface area contributed by atoms with Crippen molar-refractivity contribution in [1.82, 2.24) is 10.1 Å². The molecule has 2 N–H and O–H groups in total. The van der Waals surface area contributed by atoms with E-state index in [-0.39, 0.29) is 22.9 Å². The molecular formula is C24H26N4O6S. The number of aryl methyl sites for hydroxylation is 1. The van der Waals surface area contributed by atoms with Gasteiger partial charge in [0.1, 0.15) is 17.6 Å². The Bertz CT molecular complexity index is 1330.